The zero-order chi connectivity index (χ0) is 20.5. The Labute approximate surface area is 173 Å². The molecular weight excluding hydrogens is 368 g/mol. The Morgan fingerprint density at radius 2 is 2.00 bits per heavy atom. The number of rotatable bonds is 9. The molecule has 154 valence electrons. The van der Waals surface area contributed by atoms with Gasteiger partial charge in [0.1, 0.15) is 5.82 Å². The van der Waals surface area contributed by atoms with Gasteiger partial charge in [-0.1, -0.05) is 49.4 Å². The van der Waals surface area contributed by atoms with Crippen LogP contribution in [0.3, 0.4) is 0 Å². The quantitative estimate of drug-likeness (QED) is 0.290. The van der Waals surface area contributed by atoms with Gasteiger partial charge in [-0.2, -0.15) is 0 Å². The van der Waals surface area contributed by atoms with Crippen LogP contribution in [0.15, 0.2) is 28.3 Å². The van der Waals surface area contributed by atoms with Crippen LogP contribution < -0.4 is 10.6 Å². The normalized spacial score (nSPS) is 11.9. The Morgan fingerprint density at radius 1 is 1.21 bits per heavy atom. The highest BCUT2D eigenvalue weighted by Gasteiger charge is 2.12. The molecule has 6 nitrogen and oxygen atoms in total. The molecule has 2 rings (SSSR count). The second-order valence-electron chi connectivity index (χ2n) is 7.49. The van der Waals surface area contributed by atoms with Gasteiger partial charge in [-0.05, 0) is 43.6 Å². The fourth-order valence-electron chi connectivity index (χ4n) is 3.10. The van der Waals surface area contributed by atoms with Gasteiger partial charge in [0.15, 0.2) is 11.1 Å². The van der Waals surface area contributed by atoms with Crippen LogP contribution in [-0.4, -0.2) is 40.6 Å². The SMILES string of the molecule is CN=C(NCCCc1nnc(SC)n1CC(C)C)NCc1ccc(C)cc1C. The molecule has 7 heteroatoms. The highest BCUT2D eigenvalue weighted by Crippen LogP contribution is 2.16. The minimum atomic E-state index is 0.576. The van der Waals surface area contributed by atoms with E-state index in [-0.39, 0.29) is 0 Å². The lowest BCUT2D eigenvalue weighted by Crippen LogP contribution is -2.37. The van der Waals surface area contributed by atoms with Crippen LogP contribution in [-0.2, 0) is 19.5 Å². The minimum absolute atomic E-state index is 0.576. The van der Waals surface area contributed by atoms with Crippen molar-refractivity contribution >= 4 is 17.7 Å². The van der Waals surface area contributed by atoms with Crippen molar-refractivity contribution in [2.45, 2.75) is 58.8 Å². The predicted molar refractivity (Wildman–Crippen MR) is 119 cm³/mol. The summed E-state index contributed by atoms with van der Waals surface area (Å²) < 4.78 is 2.25. The van der Waals surface area contributed by atoms with E-state index in [1.807, 2.05) is 0 Å². The molecule has 0 aliphatic heterocycles. The van der Waals surface area contributed by atoms with Crippen molar-refractivity contribution in [1.82, 2.24) is 25.4 Å². The molecular formula is C21H34N6S. The average Bonchev–Trinajstić information content (AvgIpc) is 3.03. The molecule has 28 heavy (non-hydrogen) atoms. The molecule has 0 bridgehead atoms. The van der Waals surface area contributed by atoms with Crippen molar-refractivity contribution in [3.63, 3.8) is 0 Å². The third-order valence-electron chi connectivity index (χ3n) is 4.56. The standard InChI is InChI=1S/C21H34N6S/c1-15(2)14-27-19(25-26-21(27)28-6)8-7-11-23-20(22-5)24-13-18-10-9-16(3)12-17(18)4/h9-10,12,15H,7-8,11,13-14H2,1-6H3,(H2,22,23,24). The number of aromatic nitrogens is 3. The van der Waals surface area contributed by atoms with Gasteiger partial charge in [-0.3, -0.25) is 4.99 Å². The smallest absolute Gasteiger partial charge is 0.191 e. The largest absolute Gasteiger partial charge is 0.356 e. The molecule has 0 atom stereocenters. The number of hydrogen-bond acceptors (Lipinski definition) is 4. The van der Waals surface area contributed by atoms with Crippen molar-refractivity contribution in [3.05, 3.63) is 40.7 Å². The molecule has 1 aromatic carbocycles. The molecule has 0 spiro atoms. The molecule has 0 unspecified atom stereocenters. The van der Waals surface area contributed by atoms with E-state index in [4.69, 9.17) is 0 Å². The maximum absolute atomic E-state index is 4.39. The maximum Gasteiger partial charge on any atom is 0.191 e. The number of thioether (sulfide) groups is 1. The van der Waals surface area contributed by atoms with Crippen molar-refractivity contribution in [2.24, 2.45) is 10.9 Å². The molecule has 2 aromatic rings. The third-order valence-corrected chi connectivity index (χ3v) is 5.23. The minimum Gasteiger partial charge on any atom is -0.356 e. The van der Waals surface area contributed by atoms with E-state index in [1.54, 1.807) is 18.8 Å². The third kappa shape index (κ3) is 6.55. The molecule has 0 saturated heterocycles. The van der Waals surface area contributed by atoms with Gasteiger partial charge in [0.25, 0.3) is 0 Å². The van der Waals surface area contributed by atoms with E-state index in [2.05, 4.69) is 82.5 Å². The van der Waals surface area contributed by atoms with Gasteiger partial charge in [0.05, 0.1) is 0 Å². The van der Waals surface area contributed by atoms with Crippen LogP contribution in [0.5, 0.6) is 0 Å². The number of hydrogen-bond donors (Lipinski definition) is 2. The molecule has 0 radical (unpaired) electrons. The lowest BCUT2D eigenvalue weighted by molar-refractivity contribution is 0.477. The molecule has 0 aliphatic carbocycles. The lowest BCUT2D eigenvalue weighted by Gasteiger charge is -2.14. The topological polar surface area (TPSA) is 67.1 Å². The van der Waals surface area contributed by atoms with E-state index in [0.717, 1.165) is 49.4 Å². The van der Waals surface area contributed by atoms with Crippen LogP contribution in [0.2, 0.25) is 0 Å². The Morgan fingerprint density at radius 3 is 2.64 bits per heavy atom. The van der Waals surface area contributed by atoms with Gasteiger partial charge in [-0.15, -0.1) is 10.2 Å². The van der Waals surface area contributed by atoms with Crippen molar-refractivity contribution in [1.29, 1.82) is 0 Å². The highest BCUT2D eigenvalue weighted by atomic mass is 32.2. The first-order chi connectivity index (χ1) is 13.4. The first-order valence-corrected chi connectivity index (χ1v) is 11.1. The fraction of sp³-hybridized carbons (Fsp3) is 0.571. The monoisotopic (exact) mass is 402 g/mol. The predicted octanol–water partition coefficient (Wildman–Crippen LogP) is 3.57. The van der Waals surface area contributed by atoms with Gasteiger partial charge in [0.2, 0.25) is 0 Å². The van der Waals surface area contributed by atoms with Crippen LogP contribution >= 0.6 is 11.8 Å². The zero-order valence-corrected chi connectivity index (χ0v) is 18.9. The zero-order valence-electron chi connectivity index (χ0n) is 18.0. The summed E-state index contributed by atoms with van der Waals surface area (Å²) in [7, 11) is 1.81. The molecule has 2 N–H and O–H groups in total. The second-order valence-corrected chi connectivity index (χ2v) is 8.27. The Balaban J connectivity index is 1.81. The lowest BCUT2D eigenvalue weighted by atomic mass is 10.1. The first-order valence-electron chi connectivity index (χ1n) is 9.91. The Kier molecular flexibility index (Phi) is 8.83. The van der Waals surface area contributed by atoms with Crippen LogP contribution in [0, 0.1) is 19.8 Å². The van der Waals surface area contributed by atoms with Crippen molar-refractivity contribution < 1.29 is 0 Å². The van der Waals surface area contributed by atoms with Gasteiger partial charge >= 0.3 is 0 Å². The summed E-state index contributed by atoms with van der Waals surface area (Å²) in [5, 5.41) is 16.5. The highest BCUT2D eigenvalue weighted by molar-refractivity contribution is 7.98. The number of aliphatic imine (C=N–C) groups is 1. The number of nitrogens with one attached hydrogen (secondary N) is 2. The second kappa shape index (κ2) is 11.1. The Bertz CT molecular complexity index is 781. The van der Waals surface area contributed by atoms with E-state index in [0.29, 0.717) is 5.92 Å². The van der Waals surface area contributed by atoms with Crippen LogP contribution in [0.1, 0.15) is 42.8 Å². The molecule has 0 saturated carbocycles. The van der Waals surface area contributed by atoms with E-state index >= 15 is 0 Å². The van der Waals surface area contributed by atoms with Gasteiger partial charge < -0.3 is 15.2 Å². The number of aryl methyl sites for hydroxylation is 3. The van der Waals surface area contributed by atoms with E-state index in [9.17, 15) is 0 Å². The van der Waals surface area contributed by atoms with Crippen molar-refractivity contribution in [3.8, 4) is 0 Å². The first kappa shape index (κ1) is 22.3. The summed E-state index contributed by atoms with van der Waals surface area (Å²) in [5.41, 5.74) is 3.88. The fourth-order valence-corrected chi connectivity index (χ4v) is 3.62. The summed E-state index contributed by atoms with van der Waals surface area (Å²) in [6.07, 6.45) is 3.94. The summed E-state index contributed by atoms with van der Waals surface area (Å²) in [4.78, 5) is 4.33. The molecule has 0 fully saturated rings. The maximum atomic E-state index is 4.39. The molecule has 0 aliphatic rings. The Hall–Kier alpha value is -2.02. The summed E-state index contributed by atoms with van der Waals surface area (Å²) >= 11 is 1.66. The van der Waals surface area contributed by atoms with Gasteiger partial charge in [0, 0.05) is 33.1 Å². The van der Waals surface area contributed by atoms with Crippen molar-refractivity contribution in [2.75, 3.05) is 19.8 Å². The average molecular weight is 403 g/mol. The molecule has 0 amide bonds. The van der Waals surface area contributed by atoms with E-state index < -0.39 is 0 Å². The summed E-state index contributed by atoms with van der Waals surface area (Å²) in [6.45, 7) is 11.3. The van der Waals surface area contributed by atoms with E-state index in [1.165, 1.54) is 16.7 Å². The molecule has 1 heterocycles. The molecule has 1 aromatic heterocycles. The number of benzene rings is 1. The van der Waals surface area contributed by atoms with Crippen LogP contribution in [0.25, 0.3) is 0 Å². The van der Waals surface area contributed by atoms with Gasteiger partial charge in [-0.25, -0.2) is 0 Å². The number of guanidine groups is 1. The van der Waals surface area contributed by atoms with Crippen LogP contribution in [0.4, 0.5) is 0 Å². The summed E-state index contributed by atoms with van der Waals surface area (Å²) in [5.74, 6) is 2.47. The number of nitrogens with zero attached hydrogens (tertiary/aromatic N) is 4. The summed E-state index contributed by atoms with van der Waals surface area (Å²) in [6, 6.07) is 6.54.